The van der Waals surface area contributed by atoms with Crippen molar-refractivity contribution in [3.63, 3.8) is 0 Å². The van der Waals surface area contributed by atoms with Gasteiger partial charge in [-0.25, -0.2) is 0 Å². The lowest BCUT2D eigenvalue weighted by Crippen LogP contribution is -2.36. The van der Waals surface area contributed by atoms with Gasteiger partial charge in [0.05, 0.1) is 5.56 Å². The topological polar surface area (TPSA) is 56.7 Å². The molecule has 1 amide bonds. The van der Waals surface area contributed by atoms with Crippen LogP contribution < -0.4 is 15.5 Å². The third-order valence-electron chi connectivity index (χ3n) is 4.75. The fraction of sp³-hybridized carbons (Fsp3) is 0.333. The van der Waals surface area contributed by atoms with Crippen molar-refractivity contribution in [2.75, 3.05) is 18.5 Å². The van der Waals surface area contributed by atoms with Gasteiger partial charge in [0.25, 0.3) is 0 Å². The summed E-state index contributed by atoms with van der Waals surface area (Å²) >= 11 is 0. The summed E-state index contributed by atoms with van der Waals surface area (Å²) in [6, 6.07) is 12.8. The van der Waals surface area contributed by atoms with E-state index in [2.05, 4.69) is 15.6 Å². The number of amides is 1. The van der Waals surface area contributed by atoms with Crippen molar-refractivity contribution >= 4 is 41.5 Å². The highest BCUT2D eigenvalue weighted by Gasteiger charge is 2.29. The fourth-order valence-electron chi connectivity index (χ4n) is 3.12. The maximum absolute atomic E-state index is 12.6. The molecule has 9 heteroatoms. The Hall–Kier alpha value is -2.30. The lowest BCUT2D eigenvalue weighted by atomic mass is 10.1. The molecule has 2 aromatic carbocycles. The largest absolute Gasteiger partial charge is 0.416 e. The number of hydrogen-bond donors (Lipinski definition) is 2. The first kappa shape index (κ1) is 24.0. The fourth-order valence-corrected chi connectivity index (χ4v) is 3.12. The lowest BCUT2D eigenvalue weighted by molar-refractivity contribution is -0.137. The number of anilines is 1. The predicted octanol–water partition coefficient (Wildman–Crippen LogP) is 4.32. The second kappa shape index (κ2) is 10.6. The molecule has 0 aromatic heterocycles. The molecule has 1 fully saturated rings. The van der Waals surface area contributed by atoms with Crippen LogP contribution in [0.1, 0.15) is 29.5 Å². The first-order valence-corrected chi connectivity index (χ1v) is 9.37. The zero-order chi connectivity index (χ0) is 20.9. The highest BCUT2D eigenvalue weighted by molar-refractivity contribution is 14.0. The van der Waals surface area contributed by atoms with Gasteiger partial charge in [-0.3, -0.25) is 9.79 Å². The summed E-state index contributed by atoms with van der Waals surface area (Å²) in [6.45, 7) is 1.64. The van der Waals surface area contributed by atoms with Gasteiger partial charge in [0.2, 0.25) is 5.91 Å². The molecule has 0 saturated carbocycles. The number of carbonyl (C=O) groups is 1. The minimum atomic E-state index is -4.33. The number of halogens is 4. The Morgan fingerprint density at radius 1 is 1.00 bits per heavy atom. The van der Waals surface area contributed by atoms with Gasteiger partial charge < -0.3 is 15.5 Å². The average molecular weight is 532 g/mol. The molecule has 5 nitrogen and oxygen atoms in total. The molecule has 1 aliphatic rings. The molecule has 0 aliphatic carbocycles. The van der Waals surface area contributed by atoms with E-state index in [9.17, 15) is 18.0 Å². The number of hydrogen-bond acceptors (Lipinski definition) is 2. The summed E-state index contributed by atoms with van der Waals surface area (Å²) in [4.78, 5) is 17.7. The number of benzene rings is 2. The number of guanidine groups is 1. The summed E-state index contributed by atoms with van der Waals surface area (Å²) in [5.74, 6) is 0.701. The van der Waals surface area contributed by atoms with Gasteiger partial charge in [-0.15, -0.1) is 24.0 Å². The van der Waals surface area contributed by atoms with E-state index < -0.39 is 11.7 Å². The Morgan fingerprint density at radius 2 is 1.53 bits per heavy atom. The van der Waals surface area contributed by atoms with E-state index in [1.807, 2.05) is 24.3 Å². The van der Waals surface area contributed by atoms with Crippen LogP contribution in [0.25, 0.3) is 0 Å². The molecule has 0 atom stereocenters. The minimum absolute atomic E-state index is 0. The van der Waals surface area contributed by atoms with Gasteiger partial charge in [0.15, 0.2) is 5.96 Å². The maximum atomic E-state index is 12.6. The molecule has 3 rings (SSSR count). The van der Waals surface area contributed by atoms with Gasteiger partial charge in [0, 0.05) is 38.8 Å². The molecule has 2 aromatic rings. The third kappa shape index (κ3) is 6.35. The number of alkyl halides is 3. The average Bonchev–Trinajstić information content (AvgIpc) is 3.14. The highest BCUT2D eigenvalue weighted by Crippen LogP contribution is 2.29. The molecule has 0 radical (unpaired) electrons. The van der Waals surface area contributed by atoms with E-state index in [1.165, 1.54) is 12.1 Å². The highest BCUT2D eigenvalue weighted by atomic mass is 127. The van der Waals surface area contributed by atoms with Crippen molar-refractivity contribution in [2.45, 2.75) is 32.1 Å². The summed E-state index contributed by atoms with van der Waals surface area (Å²) in [5, 5.41) is 6.25. The van der Waals surface area contributed by atoms with Crippen LogP contribution in [0.5, 0.6) is 0 Å². The van der Waals surface area contributed by atoms with Crippen molar-refractivity contribution in [1.29, 1.82) is 0 Å². The second-order valence-corrected chi connectivity index (χ2v) is 6.79. The van der Waals surface area contributed by atoms with E-state index in [0.717, 1.165) is 41.9 Å². The van der Waals surface area contributed by atoms with E-state index in [-0.39, 0.29) is 29.9 Å². The molecule has 0 unspecified atom stereocenters. The summed E-state index contributed by atoms with van der Waals surface area (Å²) in [6.07, 6.45) is -2.84. The number of aliphatic imine (C=N–C) groups is 1. The Kier molecular flexibility index (Phi) is 8.51. The van der Waals surface area contributed by atoms with Crippen LogP contribution >= 0.6 is 24.0 Å². The molecular formula is C21H24F3IN4O. The Labute approximate surface area is 190 Å². The smallest absolute Gasteiger partial charge is 0.352 e. The zero-order valence-corrected chi connectivity index (χ0v) is 18.8. The van der Waals surface area contributed by atoms with Crippen molar-refractivity contribution in [1.82, 2.24) is 10.6 Å². The predicted molar refractivity (Wildman–Crippen MR) is 122 cm³/mol. The van der Waals surface area contributed by atoms with Crippen molar-refractivity contribution < 1.29 is 18.0 Å². The minimum Gasteiger partial charge on any atom is -0.352 e. The quantitative estimate of drug-likeness (QED) is 0.343. The van der Waals surface area contributed by atoms with E-state index in [4.69, 9.17) is 0 Å². The van der Waals surface area contributed by atoms with E-state index >= 15 is 0 Å². The van der Waals surface area contributed by atoms with Crippen LogP contribution in [0, 0.1) is 0 Å². The Bertz CT molecular complexity index is 867. The van der Waals surface area contributed by atoms with Gasteiger partial charge >= 0.3 is 6.18 Å². The Morgan fingerprint density at radius 3 is 1.97 bits per heavy atom. The molecule has 162 valence electrons. The van der Waals surface area contributed by atoms with Gasteiger partial charge in [-0.2, -0.15) is 13.2 Å². The molecule has 1 aliphatic heterocycles. The van der Waals surface area contributed by atoms with Crippen LogP contribution in [-0.4, -0.2) is 25.5 Å². The van der Waals surface area contributed by atoms with Crippen LogP contribution in [0.2, 0.25) is 0 Å². The maximum Gasteiger partial charge on any atom is 0.416 e. The van der Waals surface area contributed by atoms with E-state index in [0.29, 0.717) is 25.5 Å². The van der Waals surface area contributed by atoms with Crippen molar-refractivity contribution in [2.24, 2.45) is 4.99 Å². The first-order chi connectivity index (χ1) is 13.9. The monoisotopic (exact) mass is 532 g/mol. The van der Waals surface area contributed by atoms with Gasteiger partial charge in [-0.05, 0) is 41.8 Å². The normalized spacial score (nSPS) is 14.5. The van der Waals surface area contributed by atoms with Gasteiger partial charge in [0.1, 0.15) is 0 Å². The number of nitrogens with one attached hydrogen (secondary N) is 2. The van der Waals surface area contributed by atoms with Crippen molar-refractivity contribution in [3.8, 4) is 0 Å². The standard InChI is InChI=1S/C21H23F3N4O.HI/c1-25-20(26-13-15-4-8-17(9-5-15)21(22,23)24)27-14-16-6-10-18(11-7-16)28-12-2-3-19(28)29;/h4-11H,2-3,12-14H2,1H3,(H2,25,26,27);1H. The van der Waals surface area contributed by atoms with E-state index in [1.54, 1.807) is 11.9 Å². The molecule has 0 bridgehead atoms. The van der Waals surface area contributed by atoms with Gasteiger partial charge in [-0.1, -0.05) is 24.3 Å². The van der Waals surface area contributed by atoms with Crippen molar-refractivity contribution in [3.05, 3.63) is 65.2 Å². The van der Waals surface area contributed by atoms with Crippen LogP contribution in [0.4, 0.5) is 18.9 Å². The molecular weight excluding hydrogens is 508 g/mol. The zero-order valence-electron chi connectivity index (χ0n) is 16.5. The molecule has 1 heterocycles. The molecule has 30 heavy (non-hydrogen) atoms. The number of nitrogens with zero attached hydrogens (tertiary/aromatic N) is 2. The third-order valence-corrected chi connectivity index (χ3v) is 4.75. The summed E-state index contributed by atoms with van der Waals surface area (Å²) < 4.78 is 37.9. The SMILES string of the molecule is CN=C(NCc1ccc(N2CCCC2=O)cc1)NCc1ccc(C(F)(F)F)cc1.I. The van der Waals surface area contributed by atoms with Crippen LogP contribution in [-0.2, 0) is 24.1 Å². The molecule has 0 spiro atoms. The molecule has 1 saturated heterocycles. The lowest BCUT2D eigenvalue weighted by Gasteiger charge is -2.16. The number of rotatable bonds is 5. The molecule has 2 N–H and O–H groups in total. The first-order valence-electron chi connectivity index (χ1n) is 9.37. The summed E-state index contributed by atoms with van der Waals surface area (Å²) in [7, 11) is 1.63. The summed E-state index contributed by atoms with van der Waals surface area (Å²) in [5.41, 5.74) is 1.99. The second-order valence-electron chi connectivity index (χ2n) is 6.79. The van der Waals surface area contributed by atoms with Crippen LogP contribution in [0.3, 0.4) is 0 Å². The Balaban J connectivity index is 0.00000320. The van der Waals surface area contributed by atoms with Crippen LogP contribution in [0.15, 0.2) is 53.5 Å². The number of carbonyl (C=O) groups excluding carboxylic acids is 1.